The molecule has 5 heteroatoms. The number of pyridine rings is 1. The number of aromatic nitrogens is 1. The van der Waals surface area contributed by atoms with Gasteiger partial charge in [-0.2, -0.15) is 5.26 Å². The van der Waals surface area contributed by atoms with Crippen molar-refractivity contribution in [3.63, 3.8) is 0 Å². The Kier molecular flexibility index (Phi) is 3.67. The van der Waals surface area contributed by atoms with Crippen molar-refractivity contribution in [3.8, 4) is 6.07 Å². The first kappa shape index (κ1) is 14.9. The summed E-state index contributed by atoms with van der Waals surface area (Å²) >= 11 is 0. The molecule has 0 amide bonds. The fraction of sp³-hybridized carbons (Fsp3) is 0.222. The van der Waals surface area contributed by atoms with Crippen molar-refractivity contribution in [2.24, 2.45) is 10.9 Å². The molecule has 0 radical (unpaired) electrons. The van der Waals surface area contributed by atoms with E-state index in [2.05, 4.69) is 16.0 Å². The fourth-order valence-electron chi connectivity index (χ4n) is 3.20. The third-order valence-corrected chi connectivity index (χ3v) is 4.20. The number of aliphatic imine (C=N–C) groups is 1. The zero-order valence-electron chi connectivity index (χ0n) is 12.8. The highest BCUT2D eigenvalue weighted by molar-refractivity contribution is 6.06. The number of rotatable bonds is 2. The number of ketones is 1. The summed E-state index contributed by atoms with van der Waals surface area (Å²) in [4.78, 5) is 31.7. The molecule has 0 saturated heterocycles. The number of nitrogens with zero attached hydrogens (tertiary/aromatic N) is 2. The van der Waals surface area contributed by atoms with Gasteiger partial charge in [-0.25, -0.2) is 0 Å². The maximum absolute atomic E-state index is 12.4. The van der Waals surface area contributed by atoms with Crippen LogP contribution in [0.5, 0.6) is 0 Å². The van der Waals surface area contributed by atoms with E-state index in [1.54, 1.807) is 36.5 Å². The van der Waals surface area contributed by atoms with E-state index in [0.717, 1.165) is 5.56 Å². The summed E-state index contributed by atoms with van der Waals surface area (Å²) in [6.07, 6.45) is 1.56. The largest absolute Gasteiger partial charge is 0.329 e. The Labute approximate surface area is 133 Å². The van der Waals surface area contributed by atoms with E-state index in [1.807, 2.05) is 6.92 Å². The number of fused-ring (bicyclic) bond motifs is 1. The van der Waals surface area contributed by atoms with Crippen LogP contribution < -0.4 is 5.56 Å². The average molecular weight is 305 g/mol. The van der Waals surface area contributed by atoms with Gasteiger partial charge in [-0.3, -0.25) is 14.6 Å². The van der Waals surface area contributed by atoms with Crippen molar-refractivity contribution in [1.29, 1.82) is 5.26 Å². The lowest BCUT2D eigenvalue weighted by molar-refractivity contribution is -0.119. The quantitative estimate of drug-likeness (QED) is 0.925. The van der Waals surface area contributed by atoms with Crippen molar-refractivity contribution in [2.75, 3.05) is 0 Å². The molecule has 2 heterocycles. The number of hydrogen-bond acceptors (Lipinski definition) is 4. The number of aromatic amines is 1. The van der Waals surface area contributed by atoms with E-state index in [4.69, 9.17) is 5.26 Å². The molecule has 3 rings (SSSR count). The van der Waals surface area contributed by atoms with E-state index in [0.29, 0.717) is 22.5 Å². The summed E-state index contributed by atoms with van der Waals surface area (Å²) in [5, 5.41) is 8.94. The molecule has 5 nitrogen and oxygen atoms in total. The summed E-state index contributed by atoms with van der Waals surface area (Å²) in [7, 11) is 0. The van der Waals surface area contributed by atoms with Gasteiger partial charge in [0.15, 0.2) is 0 Å². The van der Waals surface area contributed by atoms with Gasteiger partial charge in [0.1, 0.15) is 5.78 Å². The molecule has 0 aliphatic carbocycles. The van der Waals surface area contributed by atoms with E-state index in [-0.39, 0.29) is 11.3 Å². The molecule has 0 spiro atoms. The van der Waals surface area contributed by atoms with Gasteiger partial charge >= 0.3 is 0 Å². The van der Waals surface area contributed by atoms with Crippen molar-refractivity contribution in [3.05, 3.63) is 63.6 Å². The van der Waals surface area contributed by atoms with Gasteiger partial charge in [0, 0.05) is 17.8 Å². The first-order chi connectivity index (χ1) is 11.0. The summed E-state index contributed by atoms with van der Waals surface area (Å²) in [5.41, 5.74) is 2.93. The van der Waals surface area contributed by atoms with Crippen LogP contribution in [0.4, 0.5) is 5.69 Å². The molecule has 0 bridgehead atoms. The summed E-state index contributed by atoms with van der Waals surface area (Å²) in [6, 6.07) is 10.8. The van der Waals surface area contributed by atoms with Gasteiger partial charge < -0.3 is 4.98 Å². The number of carbonyl (C=O) groups is 1. The average Bonchev–Trinajstić information content (AvgIpc) is 2.53. The van der Waals surface area contributed by atoms with Crippen LogP contribution in [-0.2, 0) is 4.79 Å². The molecule has 2 unspecified atom stereocenters. The summed E-state index contributed by atoms with van der Waals surface area (Å²) in [6.45, 7) is 3.33. The van der Waals surface area contributed by atoms with Crippen LogP contribution in [-0.4, -0.2) is 16.5 Å². The van der Waals surface area contributed by atoms with E-state index < -0.39 is 11.8 Å². The van der Waals surface area contributed by atoms with Crippen LogP contribution in [0.15, 0.2) is 46.3 Å². The topological polar surface area (TPSA) is 86.1 Å². The first-order valence-corrected chi connectivity index (χ1v) is 7.30. The lowest BCUT2D eigenvalue weighted by Crippen LogP contribution is -2.34. The van der Waals surface area contributed by atoms with Crippen LogP contribution in [0.25, 0.3) is 0 Å². The minimum Gasteiger partial charge on any atom is -0.329 e. The van der Waals surface area contributed by atoms with Crippen LogP contribution in [0.1, 0.15) is 36.5 Å². The van der Waals surface area contributed by atoms with E-state index in [1.165, 1.54) is 6.92 Å². The molecule has 1 aromatic heterocycles. The van der Waals surface area contributed by atoms with Gasteiger partial charge in [0.05, 0.1) is 28.8 Å². The minimum atomic E-state index is -0.473. The highest BCUT2D eigenvalue weighted by atomic mass is 16.1. The van der Waals surface area contributed by atoms with Crippen LogP contribution >= 0.6 is 0 Å². The molecule has 0 saturated carbocycles. The summed E-state index contributed by atoms with van der Waals surface area (Å²) < 4.78 is 0. The summed E-state index contributed by atoms with van der Waals surface area (Å²) in [5.74, 6) is -0.897. The molecule has 1 aliphatic heterocycles. The number of hydrogen-bond donors (Lipinski definition) is 1. The Balaban J connectivity index is 2.26. The number of Topliss-reactive ketones (excluding diaryl/α,β-unsaturated/α-hetero) is 1. The smallest absolute Gasteiger partial charge is 0.253 e. The first-order valence-electron chi connectivity index (χ1n) is 7.30. The second-order valence-corrected chi connectivity index (χ2v) is 5.66. The van der Waals surface area contributed by atoms with Gasteiger partial charge in [0.25, 0.3) is 5.56 Å². The Hall–Kier alpha value is -3.00. The lowest BCUT2D eigenvalue weighted by Gasteiger charge is -2.30. The number of nitrogens with one attached hydrogen (secondary N) is 1. The number of carbonyl (C=O) groups excluding carboxylic acids is 1. The van der Waals surface area contributed by atoms with Crippen LogP contribution in [0.2, 0.25) is 0 Å². The molecule has 2 atom stereocenters. The zero-order valence-corrected chi connectivity index (χ0v) is 12.8. The predicted molar refractivity (Wildman–Crippen MR) is 87.0 cm³/mol. The van der Waals surface area contributed by atoms with E-state index >= 15 is 0 Å². The number of nitriles is 1. The molecule has 1 aromatic carbocycles. The van der Waals surface area contributed by atoms with Crippen molar-refractivity contribution in [2.45, 2.75) is 19.8 Å². The predicted octanol–water partition coefficient (Wildman–Crippen LogP) is 2.69. The Bertz CT molecular complexity index is 901. The van der Waals surface area contributed by atoms with Crippen LogP contribution in [0.3, 0.4) is 0 Å². The van der Waals surface area contributed by atoms with Gasteiger partial charge in [-0.05, 0) is 37.6 Å². The maximum Gasteiger partial charge on any atom is 0.253 e. The van der Waals surface area contributed by atoms with Gasteiger partial charge in [0.2, 0.25) is 0 Å². The lowest BCUT2D eigenvalue weighted by atomic mass is 9.74. The molecular weight excluding hydrogens is 290 g/mol. The molecule has 23 heavy (non-hydrogen) atoms. The SMILES string of the molecule is CC(=O)C1C(C)=Nc2cc[nH]c(=O)c2C1c1ccc(C#N)cc1. The molecule has 1 N–H and O–H groups in total. The fourth-order valence-corrected chi connectivity index (χ4v) is 3.20. The Morgan fingerprint density at radius 3 is 2.57 bits per heavy atom. The highest BCUT2D eigenvalue weighted by Crippen LogP contribution is 2.40. The molecule has 2 aromatic rings. The molecule has 0 fully saturated rings. The number of H-pyrrole nitrogens is 1. The molecule has 1 aliphatic rings. The standard InChI is InChI=1S/C18H15N3O2/c1-10-15(11(2)22)16(13-5-3-12(9-19)4-6-13)17-14(21-10)7-8-20-18(17)23/h3-8,15-16H,1-2H3,(H,20,23). The third kappa shape index (κ3) is 2.49. The van der Waals surface area contributed by atoms with Crippen molar-refractivity contribution >= 4 is 17.2 Å². The second-order valence-electron chi connectivity index (χ2n) is 5.66. The second kappa shape index (κ2) is 5.65. The van der Waals surface area contributed by atoms with Crippen molar-refractivity contribution in [1.82, 2.24) is 4.98 Å². The Morgan fingerprint density at radius 1 is 1.26 bits per heavy atom. The van der Waals surface area contributed by atoms with E-state index in [9.17, 15) is 9.59 Å². The molecule has 114 valence electrons. The monoisotopic (exact) mass is 305 g/mol. The minimum absolute atomic E-state index is 0.0329. The normalized spacial score (nSPS) is 19.4. The van der Waals surface area contributed by atoms with Crippen LogP contribution in [0, 0.1) is 17.2 Å². The number of benzene rings is 1. The molecular formula is C18H15N3O2. The third-order valence-electron chi connectivity index (χ3n) is 4.20. The van der Waals surface area contributed by atoms with Crippen molar-refractivity contribution < 1.29 is 4.79 Å². The van der Waals surface area contributed by atoms with Gasteiger partial charge in [-0.15, -0.1) is 0 Å². The Morgan fingerprint density at radius 2 is 1.96 bits per heavy atom. The zero-order chi connectivity index (χ0) is 16.6. The van der Waals surface area contributed by atoms with Gasteiger partial charge in [-0.1, -0.05) is 12.1 Å². The highest BCUT2D eigenvalue weighted by Gasteiger charge is 2.37. The maximum atomic E-state index is 12.4.